The molecule has 1 aliphatic rings. The van der Waals surface area contributed by atoms with Gasteiger partial charge >= 0.3 is 0 Å². The van der Waals surface area contributed by atoms with Gasteiger partial charge in [0.1, 0.15) is 17.3 Å². The van der Waals surface area contributed by atoms with Crippen molar-refractivity contribution in [2.24, 2.45) is 0 Å². The van der Waals surface area contributed by atoms with Crippen LogP contribution in [-0.4, -0.2) is 64.7 Å². The van der Waals surface area contributed by atoms with Gasteiger partial charge in [-0.2, -0.15) is 18.5 Å². The van der Waals surface area contributed by atoms with Crippen LogP contribution in [0.2, 0.25) is 0 Å². The molecular formula is C24H26FN7O3S. The summed E-state index contributed by atoms with van der Waals surface area (Å²) in [7, 11) is -1.98. The lowest BCUT2D eigenvalue weighted by Crippen LogP contribution is -2.35. The topological polar surface area (TPSA) is 126 Å². The number of pyridine rings is 1. The standard InChI is InChI=1S/C24H26FN7O3S/c1-14-6-9-26-20(12-14)36(33,34)31-19-5-4-16(13-18(19)25)22-27-23-21(15(2)29-30-23)24(28-22)35-17-7-10-32(3)11-8-17/h4-6,9,12-13,17,31H,7-8,10-11H2,1-3H3,(H,27,28,29,30). The number of aromatic nitrogens is 5. The summed E-state index contributed by atoms with van der Waals surface area (Å²) >= 11 is 0. The summed E-state index contributed by atoms with van der Waals surface area (Å²) in [4.78, 5) is 15.2. The van der Waals surface area contributed by atoms with E-state index in [1.165, 1.54) is 24.4 Å². The first-order chi connectivity index (χ1) is 17.2. The zero-order valence-corrected chi connectivity index (χ0v) is 20.9. The molecule has 3 aromatic heterocycles. The van der Waals surface area contributed by atoms with Crippen molar-refractivity contribution in [2.75, 3.05) is 24.9 Å². The molecule has 0 aliphatic carbocycles. The van der Waals surface area contributed by atoms with Crippen LogP contribution >= 0.6 is 0 Å². The molecule has 1 aliphatic heterocycles. The molecular weight excluding hydrogens is 485 g/mol. The van der Waals surface area contributed by atoms with Crippen LogP contribution in [0.1, 0.15) is 24.1 Å². The third kappa shape index (κ3) is 4.86. The summed E-state index contributed by atoms with van der Waals surface area (Å²) in [6.07, 6.45) is 3.13. The molecule has 0 spiro atoms. The molecule has 0 saturated carbocycles. The molecule has 0 atom stereocenters. The molecule has 36 heavy (non-hydrogen) atoms. The van der Waals surface area contributed by atoms with E-state index in [9.17, 15) is 8.42 Å². The van der Waals surface area contributed by atoms with Gasteiger partial charge in [0.25, 0.3) is 10.0 Å². The van der Waals surface area contributed by atoms with Gasteiger partial charge in [-0.3, -0.25) is 9.82 Å². The minimum atomic E-state index is -4.06. The molecule has 10 nitrogen and oxygen atoms in total. The monoisotopic (exact) mass is 511 g/mol. The Bertz CT molecular complexity index is 1530. The summed E-state index contributed by atoms with van der Waals surface area (Å²) < 4.78 is 48.9. The van der Waals surface area contributed by atoms with Gasteiger partial charge in [0.05, 0.1) is 5.69 Å². The molecule has 188 valence electrons. The minimum Gasteiger partial charge on any atom is -0.474 e. The van der Waals surface area contributed by atoms with E-state index in [4.69, 9.17) is 4.74 Å². The summed E-state index contributed by atoms with van der Waals surface area (Å²) in [5.74, 6) is -0.152. The molecule has 5 rings (SSSR count). The second kappa shape index (κ2) is 9.43. The van der Waals surface area contributed by atoms with E-state index < -0.39 is 15.8 Å². The first kappa shape index (κ1) is 24.1. The van der Waals surface area contributed by atoms with Gasteiger partial charge in [-0.1, -0.05) is 0 Å². The van der Waals surface area contributed by atoms with E-state index >= 15 is 4.39 Å². The lowest BCUT2D eigenvalue weighted by Gasteiger charge is -2.29. The van der Waals surface area contributed by atoms with E-state index in [0.717, 1.165) is 37.2 Å². The van der Waals surface area contributed by atoms with Crippen LogP contribution in [0.25, 0.3) is 22.4 Å². The predicted octanol–water partition coefficient (Wildman–Crippen LogP) is 3.44. The van der Waals surface area contributed by atoms with Crippen molar-refractivity contribution in [3.8, 4) is 17.3 Å². The third-order valence-electron chi connectivity index (χ3n) is 6.14. The van der Waals surface area contributed by atoms with Gasteiger partial charge < -0.3 is 9.64 Å². The van der Waals surface area contributed by atoms with E-state index in [2.05, 4.69) is 41.8 Å². The largest absolute Gasteiger partial charge is 0.474 e. The minimum absolute atomic E-state index is 0.00482. The van der Waals surface area contributed by atoms with Crippen LogP contribution in [0.4, 0.5) is 10.1 Å². The first-order valence-corrected chi connectivity index (χ1v) is 13.0. The van der Waals surface area contributed by atoms with Crippen LogP contribution in [0.5, 0.6) is 5.88 Å². The number of benzene rings is 1. The molecule has 12 heteroatoms. The van der Waals surface area contributed by atoms with Crippen molar-refractivity contribution in [2.45, 2.75) is 37.8 Å². The summed E-state index contributed by atoms with van der Waals surface area (Å²) in [5, 5.41) is 7.65. The Hall–Kier alpha value is -3.64. The quantitative estimate of drug-likeness (QED) is 0.403. The van der Waals surface area contributed by atoms with Crippen LogP contribution in [0.3, 0.4) is 0 Å². The van der Waals surface area contributed by atoms with Crippen LogP contribution < -0.4 is 9.46 Å². The van der Waals surface area contributed by atoms with Crippen molar-refractivity contribution in [3.05, 3.63) is 53.6 Å². The number of hydrogen-bond donors (Lipinski definition) is 2. The number of likely N-dealkylation sites (tertiary alicyclic amines) is 1. The van der Waals surface area contributed by atoms with Crippen LogP contribution in [-0.2, 0) is 10.0 Å². The van der Waals surface area contributed by atoms with E-state index in [-0.39, 0.29) is 22.6 Å². The van der Waals surface area contributed by atoms with Crippen molar-refractivity contribution in [1.29, 1.82) is 0 Å². The summed E-state index contributed by atoms with van der Waals surface area (Å²) in [5.41, 5.74) is 2.07. The lowest BCUT2D eigenvalue weighted by molar-refractivity contribution is 0.111. The fraction of sp³-hybridized carbons (Fsp3) is 0.333. The van der Waals surface area contributed by atoms with Crippen molar-refractivity contribution in [3.63, 3.8) is 0 Å². The predicted molar refractivity (Wildman–Crippen MR) is 133 cm³/mol. The Morgan fingerprint density at radius 3 is 2.64 bits per heavy atom. The number of hydrogen-bond acceptors (Lipinski definition) is 8. The van der Waals surface area contributed by atoms with Gasteiger partial charge in [0.2, 0.25) is 5.88 Å². The highest BCUT2D eigenvalue weighted by Gasteiger charge is 2.23. The van der Waals surface area contributed by atoms with Crippen molar-refractivity contribution < 1.29 is 17.5 Å². The van der Waals surface area contributed by atoms with E-state index in [1.54, 1.807) is 19.1 Å². The number of sulfonamides is 1. The number of nitrogens with zero attached hydrogens (tertiary/aromatic N) is 5. The maximum Gasteiger partial charge on any atom is 0.279 e. The number of fused-ring (bicyclic) bond motifs is 1. The Balaban J connectivity index is 1.45. The van der Waals surface area contributed by atoms with Gasteiger partial charge in [-0.05, 0) is 69.6 Å². The number of piperidine rings is 1. The number of aryl methyl sites for hydroxylation is 2. The molecule has 0 bridgehead atoms. The Labute approximate surface area is 208 Å². The average Bonchev–Trinajstić information content (AvgIpc) is 3.22. The Morgan fingerprint density at radius 1 is 1.14 bits per heavy atom. The highest BCUT2D eigenvalue weighted by atomic mass is 32.2. The second-order valence-corrected chi connectivity index (χ2v) is 10.6. The molecule has 0 radical (unpaired) electrons. The lowest BCUT2D eigenvalue weighted by atomic mass is 10.1. The molecule has 1 fully saturated rings. The maximum atomic E-state index is 15.0. The molecule has 1 aromatic carbocycles. The Morgan fingerprint density at radius 2 is 1.92 bits per heavy atom. The fourth-order valence-corrected chi connectivity index (χ4v) is 5.20. The Kier molecular flexibility index (Phi) is 6.31. The molecule has 0 unspecified atom stereocenters. The number of H-pyrrole nitrogens is 1. The zero-order valence-electron chi connectivity index (χ0n) is 20.1. The molecule has 0 amide bonds. The van der Waals surface area contributed by atoms with E-state index in [0.29, 0.717) is 22.5 Å². The number of halogens is 1. The fourth-order valence-electron chi connectivity index (χ4n) is 4.10. The number of nitrogens with one attached hydrogen (secondary N) is 2. The molecule has 1 saturated heterocycles. The van der Waals surface area contributed by atoms with Gasteiger partial charge in [0.15, 0.2) is 16.5 Å². The number of anilines is 1. The SMILES string of the molecule is Cc1ccnc(S(=O)(=O)Nc2ccc(-c3nc(OC4CCN(C)CC4)c4c(C)[nH]nc4n3)cc2F)c1. The van der Waals surface area contributed by atoms with Crippen LogP contribution in [0, 0.1) is 19.7 Å². The smallest absolute Gasteiger partial charge is 0.279 e. The number of ether oxygens (including phenoxy) is 1. The van der Waals surface area contributed by atoms with E-state index in [1.807, 2.05) is 6.92 Å². The number of aromatic amines is 1. The zero-order chi connectivity index (χ0) is 25.4. The molecule has 4 heterocycles. The first-order valence-electron chi connectivity index (χ1n) is 11.5. The third-order valence-corrected chi connectivity index (χ3v) is 7.40. The average molecular weight is 512 g/mol. The highest BCUT2D eigenvalue weighted by molar-refractivity contribution is 7.92. The maximum absolute atomic E-state index is 15.0. The normalized spacial score (nSPS) is 15.3. The van der Waals surface area contributed by atoms with Crippen molar-refractivity contribution >= 4 is 26.7 Å². The highest BCUT2D eigenvalue weighted by Crippen LogP contribution is 2.31. The van der Waals surface area contributed by atoms with Gasteiger partial charge in [-0.15, -0.1) is 0 Å². The molecule has 4 aromatic rings. The molecule has 2 N–H and O–H groups in total. The summed E-state index contributed by atoms with van der Waals surface area (Å²) in [6, 6.07) is 7.15. The van der Waals surface area contributed by atoms with Crippen molar-refractivity contribution in [1.82, 2.24) is 30.0 Å². The van der Waals surface area contributed by atoms with Gasteiger partial charge in [0, 0.05) is 30.5 Å². The van der Waals surface area contributed by atoms with Crippen LogP contribution in [0.15, 0.2) is 41.6 Å². The number of rotatable bonds is 6. The second-order valence-electron chi connectivity index (χ2n) is 8.99. The van der Waals surface area contributed by atoms with Gasteiger partial charge in [-0.25, -0.2) is 14.4 Å². The summed E-state index contributed by atoms with van der Waals surface area (Å²) in [6.45, 7) is 5.47.